The maximum atomic E-state index is 13.4. The first-order valence-corrected chi connectivity index (χ1v) is 10.7. The van der Waals surface area contributed by atoms with Crippen molar-refractivity contribution >= 4 is 17.5 Å². The van der Waals surface area contributed by atoms with Gasteiger partial charge in [0.1, 0.15) is 11.3 Å². The topological polar surface area (TPSA) is 58.4 Å². The fourth-order valence-corrected chi connectivity index (χ4v) is 3.95. The summed E-state index contributed by atoms with van der Waals surface area (Å²) in [4.78, 5) is 15.4. The van der Waals surface area contributed by atoms with Gasteiger partial charge in [0.2, 0.25) is 5.88 Å². The highest BCUT2D eigenvalue weighted by Crippen LogP contribution is 2.36. The minimum Gasteiger partial charge on any atom is -0.340 e. The molecule has 1 aliphatic heterocycles. The Morgan fingerprint density at radius 1 is 1.06 bits per heavy atom. The molecule has 8 heteroatoms. The molecule has 2 aromatic carbocycles. The van der Waals surface area contributed by atoms with Gasteiger partial charge in [-0.25, -0.2) is 0 Å². The molecule has 0 unspecified atom stereocenters. The Bertz CT molecular complexity index is 1080. The molecule has 168 valence electrons. The number of hydrogen-bond donors (Lipinski definition) is 1. The Balaban J connectivity index is 1.74. The number of alkyl halides is 3. The summed E-state index contributed by atoms with van der Waals surface area (Å²) in [6.45, 7) is 3.46. The van der Waals surface area contributed by atoms with E-state index in [9.17, 15) is 18.0 Å². The van der Waals surface area contributed by atoms with Gasteiger partial charge in [-0.05, 0) is 49.4 Å². The zero-order chi connectivity index (χ0) is 22.7. The molecule has 3 aromatic rings. The highest BCUT2D eigenvalue weighted by molar-refractivity contribution is 6.11. The van der Waals surface area contributed by atoms with Crippen LogP contribution in [-0.2, 0) is 12.6 Å². The number of piperidine rings is 1. The minimum atomic E-state index is -4.44. The molecule has 0 atom stereocenters. The number of amides is 1. The SMILES string of the molecule is CCc1ccccc1NC(=O)c1c(-c2ccc(C(F)(F)F)cc2)noc1N1CCCCC1. The molecule has 1 amide bonds. The van der Waals surface area contributed by atoms with Crippen LogP contribution in [0.15, 0.2) is 53.1 Å². The van der Waals surface area contributed by atoms with Crippen LogP contribution in [0.4, 0.5) is 24.7 Å². The fourth-order valence-electron chi connectivity index (χ4n) is 3.95. The molecule has 1 fully saturated rings. The van der Waals surface area contributed by atoms with Gasteiger partial charge in [-0.3, -0.25) is 4.79 Å². The lowest BCUT2D eigenvalue weighted by atomic mass is 10.0. The lowest BCUT2D eigenvalue weighted by Crippen LogP contribution is -2.31. The molecule has 32 heavy (non-hydrogen) atoms. The van der Waals surface area contributed by atoms with E-state index in [2.05, 4.69) is 10.5 Å². The zero-order valence-electron chi connectivity index (χ0n) is 17.7. The lowest BCUT2D eigenvalue weighted by molar-refractivity contribution is -0.137. The summed E-state index contributed by atoms with van der Waals surface area (Å²) in [5.74, 6) is -0.0475. The van der Waals surface area contributed by atoms with Crippen molar-refractivity contribution in [3.05, 3.63) is 65.2 Å². The number of nitrogens with one attached hydrogen (secondary N) is 1. The second kappa shape index (κ2) is 9.06. The number of rotatable bonds is 5. The number of carbonyl (C=O) groups excluding carboxylic acids is 1. The smallest absolute Gasteiger partial charge is 0.340 e. The summed E-state index contributed by atoms with van der Waals surface area (Å²) < 4.78 is 44.6. The number of nitrogens with zero attached hydrogens (tertiary/aromatic N) is 2. The van der Waals surface area contributed by atoms with Crippen LogP contribution in [0.1, 0.15) is 47.7 Å². The normalized spacial score (nSPS) is 14.4. The number of halogens is 3. The highest BCUT2D eigenvalue weighted by Gasteiger charge is 2.32. The summed E-state index contributed by atoms with van der Waals surface area (Å²) in [6.07, 6.45) is -0.663. The van der Waals surface area contributed by atoms with E-state index in [1.807, 2.05) is 36.1 Å². The van der Waals surface area contributed by atoms with Gasteiger partial charge in [0.25, 0.3) is 5.91 Å². The number of para-hydroxylation sites is 1. The van der Waals surface area contributed by atoms with Crippen molar-refractivity contribution in [3.8, 4) is 11.3 Å². The third-order valence-corrected chi connectivity index (χ3v) is 5.68. The van der Waals surface area contributed by atoms with Crippen molar-refractivity contribution in [1.82, 2.24) is 5.16 Å². The van der Waals surface area contributed by atoms with E-state index in [4.69, 9.17) is 4.52 Å². The van der Waals surface area contributed by atoms with E-state index >= 15 is 0 Å². The molecule has 0 spiro atoms. The average Bonchev–Trinajstić information content (AvgIpc) is 3.25. The van der Waals surface area contributed by atoms with E-state index in [-0.39, 0.29) is 11.3 Å². The van der Waals surface area contributed by atoms with Gasteiger partial charge in [-0.1, -0.05) is 42.4 Å². The van der Waals surface area contributed by atoms with Gasteiger partial charge in [0.05, 0.1) is 5.56 Å². The molecular formula is C24H24F3N3O2. The summed E-state index contributed by atoms with van der Waals surface area (Å²) in [5, 5.41) is 7.04. The Labute approximate surface area is 184 Å². The maximum Gasteiger partial charge on any atom is 0.416 e. The number of aromatic nitrogens is 1. The van der Waals surface area contributed by atoms with Crippen molar-refractivity contribution in [2.24, 2.45) is 0 Å². The first-order valence-electron chi connectivity index (χ1n) is 10.7. The number of carbonyl (C=O) groups is 1. The summed E-state index contributed by atoms with van der Waals surface area (Å²) >= 11 is 0. The van der Waals surface area contributed by atoms with Crippen molar-refractivity contribution in [2.75, 3.05) is 23.3 Å². The predicted octanol–water partition coefficient (Wildman–Crippen LogP) is 6.17. The predicted molar refractivity (Wildman–Crippen MR) is 117 cm³/mol. The second-order valence-electron chi connectivity index (χ2n) is 7.80. The molecule has 2 heterocycles. The van der Waals surface area contributed by atoms with E-state index in [1.54, 1.807) is 0 Å². The van der Waals surface area contributed by atoms with Crippen molar-refractivity contribution in [3.63, 3.8) is 0 Å². The number of anilines is 2. The fraction of sp³-hybridized carbons (Fsp3) is 0.333. The molecule has 1 N–H and O–H groups in total. The second-order valence-corrected chi connectivity index (χ2v) is 7.80. The van der Waals surface area contributed by atoms with Crippen LogP contribution in [0.5, 0.6) is 0 Å². The standard InChI is InChI=1S/C24H24F3N3O2/c1-2-16-8-4-5-9-19(16)28-22(31)20-21(17-10-12-18(13-11-17)24(25,26)27)29-32-23(20)30-14-6-3-7-15-30/h4-5,8-13H,2-3,6-7,14-15H2,1H3,(H,28,31). The van der Waals surface area contributed by atoms with Crippen LogP contribution in [-0.4, -0.2) is 24.2 Å². The van der Waals surface area contributed by atoms with Crippen LogP contribution in [0.2, 0.25) is 0 Å². The van der Waals surface area contributed by atoms with Gasteiger partial charge < -0.3 is 14.7 Å². The van der Waals surface area contributed by atoms with Crippen LogP contribution in [0, 0.1) is 0 Å². The molecule has 0 aliphatic carbocycles. The van der Waals surface area contributed by atoms with Crippen LogP contribution < -0.4 is 10.2 Å². The summed E-state index contributed by atoms with van der Waals surface area (Å²) in [6, 6.07) is 12.1. The Kier molecular flexibility index (Phi) is 6.21. The van der Waals surface area contributed by atoms with Crippen molar-refractivity contribution < 1.29 is 22.5 Å². The van der Waals surface area contributed by atoms with Crippen LogP contribution in [0.3, 0.4) is 0 Å². The Morgan fingerprint density at radius 2 is 1.75 bits per heavy atom. The minimum absolute atomic E-state index is 0.228. The molecule has 0 saturated carbocycles. The lowest BCUT2D eigenvalue weighted by Gasteiger charge is -2.26. The number of benzene rings is 2. The summed E-state index contributed by atoms with van der Waals surface area (Å²) in [5.41, 5.74) is 1.75. The third kappa shape index (κ3) is 4.49. The van der Waals surface area contributed by atoms with Gasteiger partial charge >= 0.3 is 6.18 Å². The highest BCUT2D eigenvalue weighted by atomic mass is 19.4. The van der Waals surface area contributed by atoms with E-state index in [0.717, 1.165) is 56.5 Å². The first-order chi connectivity index (χ1) is 15.4. The number of aryl methyl sites for hydroxylation is 1. The Hall–Kier alpha value is -3.29. The van der Waals surface area contributed by atoms with Gasteiger partial charge in [0, 0.05) is 24.3 Å². The van der Waals surface area contributed by atoms with E-state index < -0.39 is 17.6 Å². The Morgan fingerprint density at radius 3 is 2.41 bits per heavy atom. The summed E-state index contributed by atoms with van der Waals surface area (Å²) in [7, 11) is 0. The first kappa shape index (κ1) is 21.9. The molecular weight excluding hydrogens is 419 g/mol. The van der Waals surface area contributed by atoms with Gasteiger partial charge in [-0.2, -0.15) is 13.2 Å². The van der Waals surface area contributed by atoms with E-state index in [1.165, 1.54) is 12.1 Å². The molecule has 1 aromatic heterocycles. The molecule has 1 saturated heterocycles. The monoisotopic (exact) mass is 443 g/mol. The van der Waals surface area contributed by atoms with Crippen molar-refractivity contribution in [2.45, 2.75) is 38.8 Å². The van der Waals surface area contributed by atoms with Crippen LogP contribution >= 0.6 is 0 Å². The molecule has 0 radical (unpaired) electrons. The zero-order valence-corrected chi connectivity index (χ0v) is 17.7. The average molecular weight is 443 g/mol. The van der Waals surface area contributed by atoms with Gasteiger partial charge in [0.15, 0.2) is 0 Å². The quantitative estimate of drug-likeness (QED) is 0.513. The maximum absolute atomic E-state index is 13.4. The van der Waals surface area contributed by atoms with Crippen LogP contribution in [0.25, 0.3) is 11.3 Å². The van der Waals surface area contributed by atoms with Crippen molar-refractivity contribution in [1.29, 1.82) is 0 Å². The molecule has 1 aliphatic rings. The third-order valence-electron chi connectivity index (χ3n) is 5.68. The molecule has 0 bridgehead atoms. The number of hydrogen-bond acceptors (Lipinski definition) is 4. The molecule has 5 nitrogen and oxygen atoms in total. The van der Waals surface area contributed by atoms with Gasteiger partial charge in [-0.15, -0.1) is 0 Å². The van der Waals surface area contributed by atoms with E-state index in [0.29, 0.717) is 17.1 Å². The molecule has 4 rings (SSSR count). The largest absolute Gasteiger partial charge is 0.416 e.